The number of nitrogens with one attached hydrogen (secondary N) is 1. The summed E-state index contributed by atoms with van der Waals surface area (Å²) in [5.74, 6) is 1.78. The van der Waals surface area contributed by atoms with Crippen LogP contribution in [0.3, 0.4) is 0 Å². The van der Waals surface area contributed by atoms with E-state index in [0.717, 1.165) is 43.8 Å². The van der Waals surface area contributed by atoms with Crippen molar-refractivity contribution in [2.75, 3.05) is 59.5 Å². The summed E-state index contributed by atoms with van der Waals surface area (Å²) in [7, 11) is 1.68. The smallest absolute Gasteiger partial charge is 0.119 e. The molecule has 2 saturated heterocycles. The fourth-order valence-electron chi connectivity index (χ4n) is 2.97. The van der Waals surface area contributed by atoms with E-state index in [9.17, 15) is 0 Å². The van der Waals surface area contributed by atoms with Gasteiger partial charge in [-0.15, -0.1) is 0 Å². The molecule has 2 heterocycles. The van der Waals surface area contributed by atoms with Gasteiger partial charge in [0.1, 0.15) is 18.1 Å². The van der Waals surface area contributed by atoms with E-state index in [2.05, 4.69) is 15.1 Å². The Morgan fingerprint density at radius 3 is 2.43 bits per heavy atom. The van der Waals surface area contributed by atoms with Gasteiger partial charge in [-0.05, 0) is 24.3 Å². The summed E-state index contributed by atoms with van der Waals surface area (Å²) in [6.07, 6.45) is 0. The molecule has 0 amide bonds. The van der Waals surface area contributed by atoms with Crippen LogP contribution >= 0.6 is 0 Å². The van der Waals surface area contributed by atoms with Crippen LogP contribution in [0.4, 0.5) is 0 Å². The summed E-state index contributed by atoms with van der Waals surface area (Å²) in [4.78, 5) is 5.08. The Balaban J connectivity index is 1.32. The SMILES string of the molecule is COc1ccc(OCCN2CC(N3CCNCC3)C2)cc1. The lowest BCUT2D eigenvalue weighted by atomic mass is 10.1. The fourth-order valence-corrected chi connectivity index (χ4v) is 2.97. The van der Waals surface area contributed by atoms with E-state index in [-0.39, 0.29) is 0 Å². The minimum Gasteiger partial charge on any atom is -0.497 e. The summed E-state index contributed by atoms with van der Waals surface area (Å²) >= 11 is 0. The van der Waals surface area contributed by atoms with E-state index >= 15 is 0 Å². The van der Waals surface area contributed by atoms with Gasteiger partial charge < -0.3 is 14.8 Å². The van der Waals surface area contributed by atoms with E-state index in [1.54, 1.807) is 7.11 Å². The molecular weight excluding hydrogens is 266 g/mol. The molecule has 1 N–H and O–H groups in total. The number of hydrogen-bond acceptors (Lipinski definition) is 5. The molecule has 3 rings (SSSR count). The Bertz CT molecular complexity index is 426. The molecule has 0 atom stereocenters. The van der Waals surface area contributed by atoms with E-state index in [1.807, 2.05) is 24.3 Å². The second-order valence-corrected chi connectivity index (χ2v) is 5.72. The minimum absolute atomic E-state index is 0.751. The van der Waals surface area contributed by atoms with Crippen molar-refractivity contribution in [3.8, 4) is 11.5 Å². The molecule has 2 aliphatic rings. The Morgan fingerprint density at radius 1 is 1.10 bits per heavy atom. The zero-order chi connectivity index (χ0) is 14.5. The van der Waals surface area contributed by atoms with Crippen LogP contribution < -0.4 is 14.8 Å². The van der Waals surface area contributed by atoms with Gasteiger partial charge in [0.15, 0.2) is 0 Å². The Kier molecular flexibility index (Phi) is 4.95. The summed E-state index contributed by atoms with van der Waals surface area (Å²) in [6, 6.07) is 8.53. The van der Waals surface area contributed by atoms with Gasteiger partial charge in [-0.25, -0.2) is 0 Å². The summed E-state index contributed by atoms with van der Waals surface area (Å²) in [5, 5.41) is 3.41. The van der Waals surface area contributed by atoms with Gasteiger partial charge in [0.25, 0.3) is 0 Å². The van der Waals surface area contributed by atoms with Crippen molar-refractivity contribution in [3.63, 3.8) is 0 Å². The van der Waals surface area contributed by atoms with Crippen LogP contribution in [0.2, 0.25) is 0 Å². The maximum Gasteiger partial charge on any atom is 0.119 e. The van der Waals surface area contributed by atoms with Crippen molar-refractivity contribution in [1.29, 1.82) is 0 Å². The van der Waals surface area contributed by atoms with Crippen LogP contribution in [0.15, 0.2) is 24.3 Å². The normalized spacial score (nSPS) is 21.0. The highest BCUT2D eigenvalue weighted by atomic mass is 16.5. The number of piperazine rings is 1. The minimum atomic E-state index is 0.751. The standard InChI is InChI=1S/C16H25N3O2/c1-20-15-2-4-16(5-3-15)21-11-10-18-12-14(13-18)19-8-6-17-7-9-19/h2-5,14,17H,6-13H2,1H3. The zero-order valence-electron chi connectivity index (χ0n) is 12.8. The number of nitrogens with zero attached hydrogens (tertiary/aromatic N) is 2. The van der Waals surface area contributed by atoms with Gasteiger partial charge in [0, 0.05) is 51.9 Å². The lowest BCUT2D eigenvalue weighted by molar-refractivity contribution is 0.0202. The van der Waals surface area contributed by atoms with Gasteiger partial charge in [-0.3, -0.25) is 9.80 Å². The summed E-state index contributed by atoms with van der Waals surface area (Å²) < 4.78 is 10.9. The van der Waals surface area contributed by atoms with Gasteiger partial charge in [-0.2, -0.15) is 0 Å². The Labute approximate surface area is 126 Å². The molecule has 0 unspecified atom stereocenters. The molecule has 116 valence electrons. The van der Waals surface area contributed by atoms with E-state index in [4.69, 9.17) is 9.47 Å². The first kappa shape index (κ1) is 14.6. The van der Waals surface area contributed by atoms with Gasteiger partial charge >= 0.3 is 0 Å². The van der Waals surface area contributed by atoms with Crippen molar-refractivity contribution in [2.24, 2.45) is 0 Å². The summed E-state index contributed by atoms with van der Waals surface area (Å²) in [5.41, 5.74) is 0. The summed E-state index contributed by atoms with van der Waals surface area (Å²) in [6.45, 7) is 8.79. The predicted molar refractivity (Wildman–Crippen MR) is 83.2 cm³/mol. The molecule has 0 spiro atoms. The topological polar surface area (TPSA) is 37.0 Å². The molecule has 2 fully saturated rings. The second-order valence-electron chi connectivity index (χ2n) is 5.72. The van der Waals surface area contributed by atoms with E-state index in [0.29, 0.717) is 0 Å². The van der Waals surface area contributed by atoms with Crippen molar-refractivity contribution >= 4 is 0 Å². The van der Waals surface area contributed by atoms with Crippen molar-refractivity contribution in [1.82, 2.24) is 15.1 Å². The van der Waals surface area contributed by atoms with Crippen LogP contribution in [0, 0.1) is 0 Å². The molecule has 2 aliphatic heterocycles. The molecule has 21 heavy (non-hydrogen) atoms. The van der Waals surface area contributed by atoms with Gasteiger partial charge in [0.05, 0.1) is 7.11 Å². The molecule has 5 heteroatoms. The molecule has 0 aliphatic carbocycles. The molecule has 5 nitrogen and oxygen atoms in total. The monoisotopic (exact) mass is 291 g/mol. The molecular formula is C16H25N3O2. The third kappa shape index (κ3) is 3.87. The predicted octanol–water partition coefficient (Wildman–Crippen LogP) is 0.663. The maximum absolute atomic E-state index is 5.77. The average molecular weight is 291 g/mol. The Hall–Kier alpha value is -1.30. The number of hydrogen-bond donors (Lipinski definition) is 1. The average Bonchev–Trinajstić information content (AvgIpc) is 2.51. The van der Waals surface area contributed by atoms with E-state index in [1.165, 1.54) is 26.2 Å². The number of methoxy groups -OCH3 is 1. The molecule has 0 aromatic heterocycles. The number of ether oxygens (including phenoxy) is 2. The van der Waals surface area contributed by atoms with Crippen LogP contribution in [-0.4, -0.2) is 75.4 Å². The number of likely N-dealkylation sites (tertiary alicyclic amines) is 1. The third-order valence-electron chi connectivity index (χ3n) is 4.34. The Morgan fingerprint density at radius 2 is 1.76 bits per heavy atom. The lowest BCUT2D eigenvalue weighted by Crippen LogP contribution is -2.63. The molecule has 1 aromatic carbocycles. The highest BCUT2D eigenvalue weighted by Crippen LogP contribution is 2.18. The first-order valence-corrected chi connectivity index (χ1v) is 7.79. The molecule has 0 bridgehead atoms. The highest BCUT2D eigenvalue weighted by Gasteiger charge is 2.31. The van der Waals surface area contributed by atoms with Crippen LogP contribution in [0.1, 0.15) is 0 Å². The third-order valence-corrected chi connectivity index (χ3v) is 4.34. The molecule has 0 radical (unpaired) electrons. The quantitative estimate of drug-likeness (QED) is 0.833. The van der Waals surface area contributed by atoms with Crippen LogP contribution in [0.25, 0.3) is 0 Å². The number of rotatable bonds is 6. The highest BCUT2D eigenvalue weighted by molar-refractivity contribution is 5.31. The van der Waals surface area contributed by atoms with E-state index < -0.39 is 0 Å². The molecule has 1 aromatic rings. The largest absolute Gasteiger partial charge is 0.497 e. The second kappa shape index (κ2) is 7.11. The fraction of sp³-hybridized carbons (Fsp3) is 0.625. The molecule has 0 saturated carbocycles. The van der Waals surface area contributed by atoms with Crippen LogP contribution in [0.5, 0.6) is 11.5 Å². The number of benzene rings is 1. The van der Waals surface area contributed by atoms with Gasteiger partial charge in [-0.1, -0.05) is 0 Å². The van der Waals surface area contributed by atoms with Crippen molar-refractivity contribution in [2.45, 2.75) is 6.04 Å². The zero-order valence-corrected chi connectivity index (χ0v) is 12.8. The lowest BCUT2D eigenvalue weighted by Gasteiger charge is -2.46. The first-order valence-electron chi connectivity index (χ1n) is 7.79. The maximum atomic E-state index is 5.77. The first-order chi connectivity index (χ1) is 10.3. The van der Waals surface area contributed by atoms with Crippen molar-refractivity contribution < 1.29 is 9.47 Å². The van der Waals surface area contributed by atoms with Gasteiger partial charge in [0.2, 0.25) is 0 Å². The van der Waals surface area contributed by atoms with Crippen molar-refractivity contribution in [3.05, 3.63) is 24.3 Å². The van der Waals surface area contributed by atoms with Crippen LogP contribution in [-0.2, 0) is 0 Å².